The molecule has 3 aromatic carbocycles. The first-order valence-corrected chi connectivity index (χ1v) is 13.5. The fourth-order valence-corrected chi connectivity index (χ4v) is 4.38. The van der Waals surface area contributed by atoms with E-state index >= 15 is 0 Å². The van der Waals surface area contributed by atoms with Crippen molar-refractivity contribution in [3.63, 3.8) is 0 Å². The Balaban J connectivity index is 1.49. The summed E-state index contributed by atoms with van der Waals surface area (Å²) in [5.74, 6) is -0.305. The molecule has 1 aromatic heterocycles. The summed E-state index contributed by atoms with van der Waals surface area (Å²) in [6.07, 6.45) is 4.80. The molecular formula is C31H28N4O4S. The maximum atomic E-state index is 13.4. The number of hydrogen-bond donors (Lipinski definition) is 3. The maximum absolute atomic E-state index is 13.4. The number of rotatable bonds is 11. The number of pyridine rings is 1. The van der Waals surface area contributed by atoms with E-state index in [1.54, 1.807) is 85.2 Å². The van der Waals surface area contributed by atoms with E-state index in [1.165, 1.54) is 11.8 Å². The van der Waals surface area contributed by atoms with Gasteiger partial charge in [0.15, 0.2) is 0 Å². The first-order chi connectivity index (χ1) is 19.5. The Morgan fingerprint density at radius 3 is 2.38 bits per heavy atom. The van der Waals surface area contributed by atoms with Crippen LogP contribution in [-0.2, 0) is 9.59 Å². The van der Waals surface area contributed by atoms with Crippen LogP contribution in [0.25, 0.3) is 6.08 Å². The molecule has 0 atom stereocenters. The van der Waals surface area contributed by atoms with E-state index in [1.807, 2.05) is 31.2 Å². The maximum Gasteiger partial charge on any atom is 0.272 e. The van der Waals surface area contributed by atoms with Crippen LogP contribution < -0.4 is 20.7 Å². The summed E-state index contributed by atoms with van der Waals surface area (Å²) in [7, 11) is 0. The van der Waals surface area contributed by atoms with Crippen LogP contribution in [0.2, 0.25) is 0 Å². The fraction of sp³-hybridized carbons (Fsp3) is 0.0968. The third-order valence-corrected chi connectivity index (χ3v) is 6.47. The number of nitrogens with one attached hydrogen (secondary N) is 3. The Morgan fingerprint density at radius 2 is 1.60 bits per heavy atom. The number of benzene rings is 3. The van der Waals surface area contributed by atoms with E-state index in [4.69, 9.17) is 4.74 Å². The number of hydrogen-bond acceptors (Lipinski definition) is 6. The Morgan fingerprint density at radius 1 is 0.850 bits per heavy atom. The Kier molecular flexibility index (Phi) is 10.1. The largest absolute Gasteiger partial charge is 0.493 e. The van der Waals surface area contributed by atoms with Gasteiger partial charge in [-0.05, 0) is 61.5 Å². The highest BCUT2D eigenvalue weighted by atomic mass is 32.2. The first kappa shape index (κ1) is 28.1. The lowest BCUT2D eigenvalue weighted by molar-refractivity contribution is -0.114. The average molecular weight is 553 g/mol. The van der Waals surface area contributed by atoms with Gasteiger partial charge >= 0.3 is 0 Å². The van der Waals surface area contributed by atoms with Gasteiger partial charge in [0.25, 0.3) is 11.8 Å². The molecule has 40 heavy (non-hydrogen) atoms. The number of carbonyl (C=O) groups is 3. The smallest absolute Gasteiger partial charge is 0.272 e. The van der Waals surface area contributed by atoms with E-state index in [0.717, 1.165) is 4.90 Å². The molecule has 202 valence electrons. The normalized spacial score (nSPS) is 10.9. The lowest BCUT2D eigenvalue weighted by atomic mass is 10.1. The van der Waals surface area contributed by atoms with Gasteiger partial charge in [-0.1, -0.05) is 42.5 Å². The summed E-state index contributed by atoms with van der Waals surface area (Å²) >= 11 is 1.34. The second kappa shape index (κ2) is 14.3. The minimum absolute atomic E-state index is 0.0517. The molecule has 0 bridgehead atoms. The molecule has 0 unspecified atom stereocenters. The summed E-state index contributed by atoms with van der Waals surface area (Å²) in [6, 6.07) is 26.5. The predicted molar refractivity (Wildman–Crippen MR) is 158 cm³/mol. The highest BCUT2D eigenvalue weighted by Gasteiger charge is 2.16. The van der Waals surface area contributed by atoms with Crippen LogP contribution in [0, 0.1) is 0 Å². The number of amides is 3. The van der Waals surface area contributed by atoms with Crippen molar-refractivity contribution in [3.8, 4) is 5.75 Å². The van der Waals surface area contributed by atoms with Crippen molar-refractivity contribution < 1.29 is 19.1 Å². The van der Waals surface area contributed by atoms with E-state index in [-0.39, 0.29) is 17.4 Å². The van der Waals surface area contributed by atoms with Crippen molar-refractivity contribution in [2.45, 2.75) is 11.8 Å². The molecule has 0 radical (unpaired) electrons. The van der Waals surface area contributed by atoms with Crippen LogP contribution >= 0.6 is 11.8 Å². The van der Waals surface area contributed by atoms with E-state index in [2.05, 4.69) is 20.9 Å². The molecule has 0 aliphatic carbocycles. The summed E-state index contributed by atoms with van der Waals surface area (Å²) in [5, 5.41) is 8.41. The van der Waals surface area contributed by atoms with Gasteiger partial charge in [0.2, 0.25) is 5.91 Å². The Bertz CT molecular complexity index is 1490. The quantitative estimate of drug-likeness (QED) is 0.165. The van der Waals surface area contributed by atoms with Crippen LogP contribution in [0.3, 0.4) is 0 Å². The van der Waals surface area contributed by atoms with Gasteiger partial charge in [0.1, 0.15) is 11.4 Å². The predicted octanol–water partition coefficient (Wildman–Crippen LogP) is 5.62. The minimum Gasteiger partial charge on any atom is -0.493 e. The molecule has 0 saturated heterocycles. The highest BCUT2D eigenvalue weighted by molar-refractivity contribution is 8.00. The number of carbonyl (C=O) groups excluding carboxylic acids is 3. The fourth-order valence-electron chi connectivity index (χ4n) is 3.63. The minimum atomic E-state index is -0.506. The first-order valence-electron chi connectivity index (χ1n) is 12.6. The van der Waals surface area contributed by atoms with Crippen LogP contribution in [0.15, 0.2) is 114 Å². The monoisotopic (exact) mass is 552 g/mol. The molecule has 0 saturated carbocycles. The van der Waals surface area contributed by atoms with Gasteiger partial charge in [0.05, 0.1) is 12.4 Å². The average Bonchev–Trinajstić information content (AvgIpc) is 2.98. The van der Waals surface area contributed by atoms with Gasteiger partial charge in [-0.3, -0.25) is 19.4 Å². The van der Waals surface area contributed by atoms with Gasteiger partial charge in [0, 0.05) is 39.8 Å². The summed E-state index contributed by atoms with van der Waals surface area (Å²) < 4.78 is 5.70. The number of para-hydroxylation sites is 1. The van der Waals surface area contributed by atoms with Gasteiger partial charge in [-0.25, -0.2) is 0 Å². The molecule has 8 nitrogen and oxygen atoms in total. The molecule has 1 heterocycles. The standard InChI is InChI=1S/C31H28N4O4S/c1-2-39-28-14-7-6-11-23(28)19-27(35-30(37)22-9-4-3-5-10-22)31(38)34-25-12-8-13-26(20-25)40-21-29(36)33-24-15-17-32-18-16-24/h3-20H,2,21H2,1H3,(H,34,38)(H,35,37)(H,32,33,36)/b27-19+. The molecule has 0 aliphatic rings. The van der Waals surface area contributed by atoms with Crippen molar-refractivity contribution in [1.82, 2.24) is 10.3 Å². The molecule has 9 heteroatoms. The third kappa shape index (κ3) is 8.31. The molecule has 0 spiro atoms. The number of anilines is 2. The summed E-state index contributed by atoms with van der Waals surface area (Å²) in [5.41, 5.74) is 2.30. The topological polar surface area (TPSA) is 109 Å². The lowest BCUT2D eigenvalue weighted by Crippen LogP contribution is -2.30. The van der Waals surface area contributed by atoms with E-state index < -0.39 is 11.8 Å². The molecule has 4 aromatic rings. The second-order valence-corrected chi connectivity index (χ2v) is 9.45. The zero-order chi connectivity index (χ0) is 28.2. The number of nitrogens with zero attached hydrogens (tertiary/aromatic N) is 1. The molecule has 3 amide bonds. The SMILES string of the molecule is CCOc1ccccc1/C=C(/NC(=O)c1ccccc1)C(=O)Nc1cccc(SCC(=O)Nc2ccncc2)c1. The zero-order valence-corrected chi connectivity index (χ0v) is 22.6. The highest BCUT2D eigenvalue weighted by Crippen LogP contribution is 2.24. The third-order valence-electron chi connectivity index (χ3n) is 5.47. The second-order valence-electron chi connectivity index (χ2n) is 8.40. The van der Waals surface area contributed by atoms with Crippen molar-refractivity contribution in [1.29, 1.82) is 0 Å². The Labute approximate surface area is 236 Å². The number of ether oxygens (including phenoxy) is 1. The van der Waals surface area contributed by atoms with Crippen LogP contribution in [0.1, 0.15) is 22.8 Å². The molecule has 0 aliphatic heterocycles. The molecular weight excluding hydrogens is 524 g/mol. The van der Waals surface area contributed by atoms with Gasteiger partial charge < -0.3 is 20.7 Å². The van der Waals surface area contributed by atoms with Crippen molar-refractivity contribution in [3.05, 3.63) is 120 Å². The zero-order valence-electron chi connectivity index (χ0n) is 21.8. The molecule has 4 rings (SSSR count). The van der Waals surface area contributed by atoms with E-state index in [9.17, 15) is 14.4 Å². The van der Waals surface area contributed by atoms with Crippen molar-refractivity contribution in [2.24, 2.45) is 0 Å². The molecule has 0 fully saturated rings. The van der Waals surface area contributed by atoms with Gasteiger partial charge in [-0.15, -0.1) is 11.8 Å². The van der Waals surface area contributed by atoms with Gasteiger partial charge in [-0.2, -0.15) is 0 Å². The van der Waals surface area contributed by atoms with Crippen LogP contribution in [-0.4, -0.2) is 35.1 Å². The molecule has 3 N–H and O–H groups in total. The summed E-state index contributed by atoms with van der Waals surface area (Å²) in [6.45, 7) is 2.33. The van der Waals surface area contributed by atoms with Crippen LogP contribution in [0.4, 0.5) is 11.4 Å². The van der Waals surface area contributed by atoms with Crippen molar-refractivity contribution >= 4 is 46.9 Å². The Hall–Kier alpha value is -4.89. The lowest BCUT2D eigenvalue weighted by Gasteiger charge is -2.13. The summed E-state index contributed by atoms with van der Waals surface area (Å²) in [4.78, 5) is 43.4. The number of thioether (sulfide) groups is 1. The van der Waals surface area contributed by atoms with E-state index in [0.29, 0.717) is 34.9 Å². The van der Waals surface area contributed by atoms with Crippen molar-refractivity contribution in [2.75, 3.05) is 23.0 Å². The van der Waals surface area contributed by atoms with Crippen LogP contribution in [0.5, 0.6) is 5.75 Å². The number of aromatic nitrogens is 1.